The van der Waals surface area contributed by atoms with Crippen molar-refractivity contribution in [1.82, 2.24) is 49.5 Å². The topological polar surface area (TPSA) is 258 Å². The molecule has 89 heavy (non-hydrogen) atoms. The number of carbonyl (C=O) groups excluding carboxylic acids is 2. The highest BCUT2D eigenvalue weighted by Crippen LogP contribution is 2.33. The first-order valence-electron chi connectivity index (χ1n) is 30.1. The summed E-state index contributed by atoms with van der Waals surface area (Å²) in [6.07, 6.45) is -3.91. The molecule has 4 aromatic carbocycles. The SMILES string of the molecule is CO[C@@H](C)C(=O)N1CC[C@H](Oc2ccc(-c3nc(COCC(=O)N4CC[C@H](Oc5ccc(-c6ncnc(Nc7ccc(N8CCN(C9COC9)CC8)cc7)n6)cc5C#N)[C@H](F)C4)nc(Nc4ccc(N5CCN(C6COC6)CC5)cc4)n3)cc2C#N)[C@H](F)C1. The molecule has 2 amide bonds. The highest BCUT2D eigenvalue weighted by atomic mass is 19.1. The molecular formula is C63H70F2N16O8. The molecular weight excluding hydrogens is 1150 g/mol. The number of carbonyl (C=O) groups is 2. The van der Waals surface area contributed by atoms with E-state index < -0.39 is 43.2 Å². The number of hydrogen-bond acceptors (Lipinski definition) is 22. The molecule has 6 saturated heterocycles. The van der Waals surface area contributed by atoms with Crippen molar-refractivity contribution < 1.29 is 46.8 Å². The fourth-order valence-corrected chi connectivity index (χ4v) is 11.7. The van der Waals surface area contributed by atoms with Gasteiger partial charge < -0.3 is 58.7 Å². The summed E-state index contributed by atoms with van der Waals surface area (Å²) in [7, 11) is 1.42. The van der Waals surface area contributed by atoms with Crippen LogP contribution in [0, 0.1) is 22.7 Å². The van der Waals surface area contributed by atoms with Crippen LogP contribution >= 0.6 is 0 Å². The van der Waals surface area contributed by atoms with Gasteiger partial charge in [-0.1, -0.05) is 0 Å². The normalized spacial score (nSPS) is 21.4. The summed E-state index contributed by atoms with van der Waals surface area (Å²) in [5.74, 6) is 0.715. The van der Waals surface area contributed by atoms with Crippen molar-refractivity contribution in [3.8, 4) is 46.4 Å². The molecule has 6 aromatic rings. The van der Waals surface area contributed by atoms with E-state index in [9.17, 15) is 20.1 Å². The molecule has 12 rings (SSSR count). The number of halogens is 2. The Hall–Kier alpha value is -8.76. The van der Waals surface area contributed by atoms with Gasteiger partial charge in [-0.15, -0.1) is 0 Å². The third-order valence-electron chi connectivity index (χ3n) is 17.2. The first kappa shape index (κ1) is 60.5. The molecule has 8 heterocycles. The number of anilines is 6. The molecule has 6 fully saturated rings. The van der Waals surface area contributed by atoms with Crippen LogP contribution < -0.4 is 29.9 Å². The van der Waals surface area contributed by atoms with Gasteiger partial charge in [-0.3, -0.25) is 19.4 Å². The van der Waals surface area contributed by atoms with Crippen LogP contribution in [0.1, 0.15) is 36.7 Å². The summed E-state index contributed by atoms with van der Waals surface area (Å²) in [5, 5.41) is 27.0. The second kappa shape index (κ2) is 27.7. The number of amides is 2. The van der Waals surface area contributed by atoms with Crippen molar-refractivity contribution in [1.29, 1.82) is 10.5 Å². The first-order chi connectivity index (χ1) is 43.4. The summed E-state index contributed by atoms with van der Waals surface area (Å²) >= 11 is 0. The molecule has 2 aromatic heterocycles. The van der Waals surface area contributed by atoms with Gasteiger partial charge in [0.25, 0.3) is 5.91 Å². The maximum Gasteiger partial charge on any atom is 0.251 e. The molecule has 6 aliphatic rings. The number of aromatic nitrogens is 6. The first-order valence-corrected chi connectivity index (χ1v) is 30.1. The quantitative estimate of drug-likeness (QED) is 0.0949. The van der Waals surface area contributed by atoms with E-state index in [2.05, 4.69) is 79.4 Å². The van der Waals surface area contributed by atoms with E-state index in [4.69, 9.17) is 33.4 Å². The van der Waals surface area contributed by atoms with Gasteiger partial charge in [-0.2, -0.15) is 25.5 Å². The van der Waals surface area contributed by atoms with Gasteiger partial charge >= 0.3 is 0 Å². The van der Waals surface area contributed by atoms with Gasteiger partial charge in [-0.25, -0.2) is 23.7 Å². The van der Waals surface area contributed by atoms with Crippen LogP contribution in [0.5, 0.6) is 11.5 Å². The average molecular weight is 1220 g/mol. The number of benzene rings is 4. The summed E-state index contributed by atoms with van der Waals surface area (Å²) < 4.78 is 65.6. The van der Waals surface area contributed by atoms with E-state index in [1.807, 2.05) is 36.4 Å². The van der Waals surface area contributed by atoms with E-state index in [0.717, 1.165) is 95.8 Å². The number of methoxy groups -OCH3 is 1. The molecule has 0 aliphatic carbocycles. The van der Waals surface area contributed by atoms with Crippen molar-refractivity contribution >= 4 is 46.5 Å². The molecule has 0 bridgehead atoms. The van der Waals surface area contributed by atoms with Crippen LogP contribution in [0.4, 0.5) is 43.4 Å². The third-order valence-corrected chi connectivity index (χ3v) is 17.2. The minimum atomic E-state index is -1.59. The summed E-state index contributed by atoms with van der Waals surface area (Å²) in [6, 6.07) is 31.0. The Morgan fingerprint density at radius 3 is 1.64 bits per heavy atom. The average Bonchev–Trinajstić information content (AvgIpc) is 3.69. The lowest BCUT2D eigenvalue weighted by Crippen LogP contribution is -2.56. The lowest BCUT2D eigenvalue weighted by molar-refractivity contribution is -0.144. The van der Waals surface area contributed by atoms with E-state index >= 15 is 8.78 Å². The number of nitrogens with one attached hydrogen (secondary N) is 2. The zero-order valence-electron chi connectivity index (χ0n) is 49.6. The van der Waals surface area contributed by atoms with E-state index in [1.165, 1.54) is 23.2 Å². The molecule has 464 valence electrons. The van der Waals surface area contributed by atoms with Gasteiger partial charge in [0.15, 0.2) is 29.8 Å². The van der Waals surface area contributed by atoms with E-state index in [-0.39, 0.29) is 91.8 Å². The van der Waals surface area contributed by atoms with Crippen LogP contribution in [0.15, 0.2) is 91.3 Å². The lowest BCUT2D eigenvalue weighted by atomic mass is 10.0. The second-order valence-corrected chi connectivity index (χ2v) is 22.9. The Kier molecular flexibility index (Phi) is 18.9. The molecule has 2 N–H and O–H groups in total. The smallest absolute Gasteiger partial charge is 0.251 e. The number of likely N-dealkylation sites (tertiary alicyclic amines) is 2. The fourth-order valence-electron chi connectivity index (χ4n) is 11.7. The van der Waals surface area contributed by atoms with Crippen molar-refractivity contribution in [3.05, 3.63) is 108 Å². The Bertz CT molecular complexity index is 3540. The van der Waals surface area contributed by atoms with Crippen molar-refractivity contribution in [2.75, 3.05) is 139 Å². The standard InChI is InChI=1S/C63H70F2N16O8/c1-40(84-2)61(83)81-18-16-56(52(65)32-81)89-54-14-4-42(28-44(54)30-67)60-72-57(73-63(75-60)71-46-7-11-48(12-8-46)77-21-25-79(26-22-77)50-35-86-36-50)37-87-38-58(82)80-17-15-55(51(64)31-80)88-53-13-3-41(27-43(53)29-66)59-68-39-69-62(74-59)70-45-5-9-47(10-6-45)76-19-23-78(24-20-76)49-33-85-34-49/h3-14,27-28,39-40,49-52,55-56H,15-26,31-38H2,1-2H3,(H,68,69,70,74)(H,71,72,73,75)/t40-,51+,52+,55-,56-/m0/s1. The van der Waals surface area contributed by atoms with Crippen molar-refractivity contribution in [2.24, 2.45) is 0 Å². The zero-order valence-corrected chi connectivity index (χ0v) is 49.6. The molecule has 0 saturated carbocycles. The van der Waals surface area contributed by atoms with Gasteiger partial charge in [0.2, 0.25) is 17.8 Å². The fraction of sp³-hybridized carbons (Fsp3) is 0.460. The third kappa shape index (κ3) is 14.4. The lowest BCUT2D eigenvalue weighted by Gasteiger charge is -2.43. The number of nitriles is 2. The number of piperidine rings is 2. The van der Waals surface area contributed by atoms with Gasteiger partial charge in [0.1, 0.15) is 61.5 Å². The van der Waals surface area contributed by atoms with Gasteiger partial charge in [0, 0.05) is 119 Å². The number of alkyl halides is 2. The predicted molar refractivity (Wildman–Crippen MR) is 323 cm³/mol. The molecule has 24 nitrogen and oxygen atoms in total. The Balaban J connectivity index is 0.661. The van der Waals surface area contributed by atoms with Crippen molar-refractivity contribution in [3.63, 3.8) is 0 Å². The second-order valence-electron chi connectivity index (χ2n) is 22.9. The molecule has 0 unspecified atom stereocenters. The number of ether oxygens (including phenoxy) is 6. The highest BCUT2D eigenvalue weighted by molar-refractivity contribution is 5.80. The number of nitrogens with zero attached hydrogens (tertiary/aromatic N) is 14. The molecule has 6 aliphatic heterocycles. The molecule has 0 spiro atoms. The predicted octanol–water partition coefficient (Wildman–Crippen LogP) is 5.55. The van der Waals surface area contributed by atoms with Crippen LogP contribution in [0.25, 0.3) is 22.8 Å². The Morgan fingerprint density at radius 2 is 1.13 bits per heavy atom. The van der Waals surface area contributed by atoms with Gasteiger partial charge in [-0.05, 0) is 91.9 Å². The Morgan fingerprint density at radius 1 is 0.629 bits per heavy atom. The monoisotopic (exact) mass is 1220 g/mol. The van der Waals surface area contributed by atoms with E-state index in [0.29, 0.717) is 40.7 Å². The van der Waals surface area contributed by atoms with Gasteiger partial charge in [0.05, 0.1) is 62.7 Å². The maximum absolute atomic E-state index is 16.0. The van der Waals surface area contributed by atoms with E-state index in [1.54, 1.807) is 43.3 Å². The highest BCUT2D eigenvalue weighted by Gasteiger charge is 2.37. The number of rotatable bonds is 20. The molecule has 26 heteroatoms. The zero-order chi connectivity index (χ0) is 61.4. The molecule has 0 radical (unpaired) electrons. The van der Waals surface area contributed by atoms with Crippen LogP contribution in [0.2, 0.25) is 0 Å². The van der Waals surface area contributed by atoms with Crippen LogP contribution in [-0.2, 0) is 35.1 Å². The number of piperazine rings is 2. The summed E-state index contributed by atoms with van der Waals surface area (Å²) in [6.45, 7) is 11.8. The minimum absolute atomic E-state index is 0.109. The summed E-state index contributed by atoms with van der Waals surface area (Å²) in [4.78, 5) is 66.1. The van der Waals surface area contributed by atoms with Crippen molar-refractivity contribution in [2.45, 2.75) is 69.1 Å². The minimum Gasteiger partial charge on any atom is -0.486 e. The van der Waals surface area contributed by atoms with Crippen LogP contribution in [-0.4, -0.2) is 223 Å². The Labute approximate surface area is 514 Å². The maximum atomic E-state index is 16.0. The van der Waals surface area contributed by atoms with Crippen LogP contribution in [0.3, 0.4) is 0 Å². The number of hydrogen-bond donors (Lipinski definition) is 2. The largest absolute Gasteiger partial charge is 0.486 e. The summed E-state index contributed by atoms with van der Waals surface area (Å²) in [5.41, 5.74) is 4.94. The molecule has 5 atom stereocenters.